The molecule has 0 spiro atoms. The first kappa shape index (κ1) is 14.9. The van der Waals surface area contributed by atoms with Crippen LogP contribution in [0, 0.1) is 10.1 Å². The molecule has 1 aromatic heterocycles. The third-order valence-corrected chi connectivity index (χ3v) is 2.93. The van der Waals surface area contributed by atoms with E-state index in [1.807, 2.05) is 0 Å². The van der Waals surface area contributed by atoms with E-state index in [2.05, 4.69) is 9.88 Å². The molecule has 1 fully saturated rings. The van der Waals surface area contributed by atoms with Gasteiger partial charge < -0.3 is 20.1 Å². The summed E-state index contributed by atoms with van der Waals surface area (Å²) in [5, 5.41) is 20.5. The minimum atomic E-state index is -0.596. The zero-order chi connectivity index (χ0) is 12.3. The Balaban J connectivity index is 0.00000162. The number of hydrogen-bond acceptors (Lipinski definition) is 5. The van der Waals surface area contributed by atoms with Crippen molar-refractivity contribution < 1.29 is 10.0 Å². The number of hydrogen-bond donors (Lipinski definition) is 1. The summed E-state index contributed by atoms with van der Waals surface area (Å²) >= 11 is 0. The number of aromatic nitrogens is 2. The van der Waals surface area contributed by atoms with Gasteiger partial charge in [-0.2, -0.15) is 0 Å². The Kier molecular flexibility index (Phi) is 5.52. The number of imidazole rings is 1. The molecule has 1 aromatic rings. The number of halogens is 1. The second-order valence-corrected chi connectivity index (χ2v) is 4.30. The van der Waals surface area contributed by atoms with Crippen LogP contribution in [0.3, 0.4) is 0 Å². The lowest BCUT2D eigenvalue weighted by atomic mass is 10.3. The first-order valence-corrected chi connectivity index (χ1v) is 5.73. The molecule has 0 amide bonds. The van der Waals surface area contributed by atoms with Gasteiger partial charge in [0, 0.05) is 6.54 Å². The van der Waals surface area contributed by atoms with Crippen LogP contribution in [0.4, 0.5) is 5.95 Å². The molecule has 7 nitrogen and oxygen atoms in total. The first-order chi connectivity index (χ1) is 8.16. The lowest BCUT2D eigenvalue weighted by molar-refractivity contribution is -0.397. The monoisotopic (exact) mass is 276 g/mol. The summed E-state index contributed by atoms with van der Waals surface area (Å²) in [5.41, 5.74) is 0. The van der Waals surface area contributed by atoms with E-state index in [4.69, 9.17) is 0 Å². The van der Waals surface area contributed by atoms with Gasteiger partial charge in [0.2, 0.25) is 0 Å². The Morgan fingerprint density at radius 1 is 1.44 bits per heavy atom. The van der Waals surface area contributed by atoms with Gasteiger partial charge in [-0.05, 0) is 30.9 Å². The van der Waals surface area contributed by atoms with E-state index in [9.17, 15) is 15.2 Å². The van der Waals surface area contributed by atoms with Gasteiger partial charge in [-0.1, -0.05) is 4.98 Å². The molecule has 1 aliphatic rings. The highest BCUT2D eigenvalue weighted by molar-refractivity contribution is 5.85. The molecule has 1 atom stereocenters. The van der Waals surface area contributed by atoms with Crippen LogP contribution in [0.15, 0.2) is 12.4 Å². The smallest absolute Gasteiger partial charge is 0.390 e. The predicted molar refractivity (Wildman–Crippen MR) is 67.8 cm³/mol. The summed E-state index contributed by atoms with van der Waals surface area (Å²) in [6.07, 6.45) is 4.63. The van der Waals surface area contributed by atoms with Crippen molar-refractivity contribution in [2.75, 3.05) is 19.6 Å². The molecule has 0 bridgehead atoms. The van der Waals surface area contributed by atoms with Crippen LogP contribution >= 0.6 is 12.4 Å². The summed E-state index contributed by atoms with van der Waals surface area (Å²) < 4.78 is 1.38. The topological polar surface area (TPSA) is 84.4 Å². The lowest BCUT2D eigenvalue weighted by Crippen LogP contribution is -2.32. The minimum absolute atomic E-state index is 0. The largest absolute Gasteiger partial charge is 0.434 e. The van der Waals surface area contributed by atoms with Crippen molar-refractivity contribution >= 4 is 18.4 Å². The second kappa shape index (κ2) is 6.67. The zero-order valence-corrected chi connectivity index (χ0v) is 10.8. The van der Waals surface area contributed by atoms with Crippen LogP contribution in [-0.2, 0) is 6.54 Å². The second-order valence-electron chi connectivity index (χ2n) is 4.30. The van der Waals surface area contributed by atoms with Crippen molar-refractivity contribution in [1.29, 1.82) is 0 Å². The van der Waals surface area contributed by atoms with Crippen molar-refractivity contribution in [2.45, 2.75) is 25.5 Å². The summed E-state index contributed by atoms with van der Waals surface area (Å²) in [6, 6.07) is 0. The molecule has 1 saturated heterocycles. The highest BCUT2D eigenvalue weighted by Crippen LogP contribution is 2.11. The van der Waals surface area contributed by atoms with Crippen molar-refractivity contribution in [3.05, 3.63) is 22.5 Å². The number of nitrogens with zero attached hydrogens (tertiary/aromatic N) is 4. The number of aliphatic hydroxyl groups excluding tert-OH is 1. The Bertz CT molecular complexity index is 392. The molecule has 0 aromatic carbocycles. The molecule has 0 saturated carbocycles. The summed E-state index contributed by atoms with van der Waals surface area (Å²) in [5.74, 6) is -0.217. The average molecular weight is 277 g/mol. The van der Waals surface area contributed by atoms with E-state index in [0.717, 1.165) is 25.9 Å². The number of rotatable bonds is 5. The Morgan fingerprint density at radius 2 is 2.11 bits per heavy atom. The summed E-state index contributed by atoms with van der Waals surface area (Å²) in [7, 11) is 0. The van der Waals surface area contributed by atoms with Crippen molar-refractivity contribution in [3.8, 4) is 0 Å². The maximum atomic E-state index is 10.6. The number of likely N-dealkylation sites (tertiary alicyclic amines) is 1. The normalized spacial score (nSPS) is 17.4. The molecular weight excluding hydrogens is 260 g/mol. The van der Waals surface area contributed by atoms with Crippen LogP contribution in [0.25, 0.3) is 0 Å². The van der Waals surface area contributed by atoms with Gasteiger partial charge in [0.1, 0.15) is 12.4 Å². The molecular formula is C10H17ClN4O3. The Hall–Kier alpha value is -1.18. The van der Waals surface area contributed by atoms with Crippen molar-refractivity contribution in [2.24, 2.45) is 0 Å². The van der Waals surface area contributed by atoms with Crippen LogP contribution in [0.5, 0.6) is 0 Å². The van der Waals surface area contributed by atoms with Gasteiger partial charge in [0.25, 0.3) is 0 Å². The fourth-order valence-electron chi connectivity index (χ4n) is 2.16. The third kappa shape index (κ3) is 3.66. The number of nitro groups is 1. The minimum Gasteiger partial charge on any atom is -0.390 e. The Morgan fingerprint density at radius 3 is 2.72 bits per heavy atom. The van der Waals surface area contributed by atoms with E-state index < -0.39 is 11.0 Å². The number of aliphatic hydroxyl groups is 1. The maximum absolute atomic E-state index is 10.6. The first-order valence-electron chi connectivity index (χ1n) is 5.73. The van der Waals surface area contributed by atoms with Crippen molar-refractivity contribution in [1.82, 2.24) is 14.5 Å². The molecule has 0 radical (unpaired) electrons. The van der Waals surface area contributed by atoms with Gasteiger partial charge in [0.15, 0.2) is 0 Å². The number of β-amino-alcohol motifs (C(OH)–C–C–N with tert-alkyl or cyclic N) is 1. The van der Waals surface area contributed by atoms with Gasteiger partial charge in [-0.3, -0.25) is 0 Å². The highest BCUT2D eigenvalue weighted by Gasteiger charge is 2.20. The van der Waals surface area contributed by atoms with E-state index in [1.165, 1.54) is 17.0 Å². The summed E-state index contributed by atoms with van der Waals surface area (Å²) in [4.78, 5) is 15.9. The molecule has 0 aliphatic carbocycles. The predicted octanol–water partition coefficient (Wildman–Crippen LogP) is 0.670. The van der Waals surface area contributed by atoms with Gasteiger partial charge >= 0.3 is 5.95 Å². The maximum Gasteiger partial charge on any atom is 0.434 e. The van der Waals surface area contributed by atoms with Crippen LogP contribution in [0.2, 0.25) is 0 Å². The SMILES string of the molecule is Cl.O=[N+]([O-])c1nccn1CC(O)CN1CCCC1. The molecule has 2 rings (SSSR count). The molecule has 102 valence electrons. The van der Waals surface area contributed by atoms with E-state index in [-0.39, 0.29) is 24.9 Å². The van der Waals surface area contributed by atoms with E-state index in [0.29, 0.717) is 6.54 Å². The van der Waals surface area contributed by atoms with Gasteiger partial charge in [-0.25, -0.2) is 4.57 Å². The molecule has 1 unspecified atom stereocenters. The van der Waals surface area contributed by atoms with Crippen LogP contribution < -0.4 is 0 Å². The van der Waals surface area contributed by atoms with Crippen LogP contribution in [-0.4, -0.2) is 50.2 Å². The Labute approximate surface area is 111 Å². The van der Waals surface area contributed by atoms with E-state index in [1.54, 1.807) is 0 Å². The fourth-order valence-corrected chi connectivity index (χ4v) is 2.16. The quantitative estimate of drug-likeness (QED) is 0.631. The molecule has 1 N–H and O–H groups in total. The zero-order valence-electron chi connectivity index (χ0n) is 9.94. The van der Waals surface area contributed by atoms with Gasteiger partial charge in [0.05, 0.1) is 12.6 Å². The summed E-state index contributed by atoms with van der Waals surface area (Å²) in [6.45, 7) is 2.79. The molecule has 2 heterocycles. The standard InChI is InChI=1S/C10H16N4O3.ClH/c15-9(7-12-4-1-2-5-12)8-13-6-3-11-10(13)14(16)17;/h3,6,9,15H,1-2,4-5,7-8H2;1H. The molecule has 8 heteroatoms. The average Bonchev–Trinajstić information content (AvgIpc) is 2.88. The third-order valence-electron chi connectivity index (χ3n) is 2.93. The molecule has 18 heavy (non-hydrogen) atoms. The highest BCUT2D eigenvalue weighted by atomic mass is 35.5. The molecule has 1 aliphatic heterocycles. The van der Waals surface area contributed by atoms with Crippen molar-refractivity contribution in [3.63, 3.8) is 0 Å². The van der Waals surface area contributed by atoms with E-state index >= 15 is 0 Å². The van der Waals surface area contributed by atoms with Gasteiger partial charge in [-0.15, -0.1) is 12.4 Å². The van der Waals surface area contributed by atoms with Crippen LogP contribution in [0.1, 0.15) is 12.8 Å². The fraction of sp³-hybridized carbons (Fsp3) is 0.700. The lowest BCUT2D eigenvalue weighted by Gasteiger charge is -2.18.